The maximum atomic E-state index is 12.6. The Balaban J connectivity index is 2.03. The van der Waals surface area contributed by atoms with Gasteiger partial charge in [-0.1, -0.05) is 28.1 Å². The second kappa shape index (κ2) is 3.05. The number of hydrogen-bond acceptors (Lipinski definition) is 0. The molecule has 1 unspecified atom stereocenters. The minimum Gasteiger partial charge on any atom is -0.207 e. The summed E-state index contributed by atoms with van der Waals surface area (Å²) in [6.07, 6.45) is 0.548. The molecule has 0 aromatic heterocycles. The van der Waals surface area contributed by atoms with Crippen LogP contribution in [-0.2, 0) is 6.42 Å². The summed E-state index contributed by atoms with van der Waals surface area (Å²) in [7, 11) is 0. The predicted molar refractivity (Wildman–Crippen MR) is 50.9 cm³/mol. The predicted octanol–water partition coefficient (Wildman–Crippen LogP) is 3.65. The van der Waals surface area contributed by atoms with Gasteiger partial charge in [-0.2, -0.15) is 0 Å². The number of halogens is 3. The molecule has 1 saturated carbocycles. The molecule has 0 N–H and O–H groups in total. The molecule has 0 bridgehead atoms. The number of benzene rings is 1. The van der Waals surface area contributed by atoms with Crippen LogP contribution in [0, 0.1) is 5.92 Å². The highest BCUT2D eigenvalue weighted by Crippen LogP contribution is 2.50. The lowest BCUT2D eigenvalue weighted by atomic mass is 10.1. The Labute approximate surface area is 84.1 Å². The van der Waals surface area contributed by atoms with Gasteiger partial charge in [0.05, 0.1) is 0 Å². The Morgan fingerprint density at radius 2 is 2.15 bits per heavy atom. The van der Waals surface area contributed by atoms with Gasteiger partial charge in [0.2, 0.25) is 0 Å². The molecular formula is C10H9BrF2. The fourth-order valence-corrected chi connectivity index (χ4v) is 1.89. The highest BCUT2D eigenvalue weighted by molar-refractivity contribution is 9.10. The largest absolute Gasteiger partial charge is 0.251 e. The van der Waals surface area contributed by atoms with Gasteiger partial charge in [0.15, 0.2) is 0 Å². The first-order valence-corrected chi connectivity index (χ1v) is 4.99. The number of hydrogen-bond donors (Lipinski definition) is 0. The van der Waals surface area contributed by atoms with E-state index in [1.165, 1.54) is 0 Å². The zero-order valence-electron chi connectivity index (χ0n) is 6.93. The van der Waals surface area contributed by atoms with Crippen molar-refractivity contribution < 1.29 is 8.78 Å². The van der Waals surface area contributed by atoms with Crippen molar-refractivity contribution in [3.8, 4) is 0 Å². The molecule has 2 rings (SSSR count). The molecular weight excluding hydrogens is 238 g/mol. The second-order valence-electron chi connectivity index (χ2n) is 3.50. The first-order chi connectivity index (χ1) is 6.08. The van der Waals surface area contributed by atoms with Crippen molar-refractivity contribution in [1.82, 2.24) is 0 Å². The minimum atomic E-state index is -2.40. The lowest BCUT2D eigenvalue weighted by Gasteiger charge is -2.00. The highest BCUT2D eigenvalue weighted by Gasteiger charge is 2.56. The Morgan fingerprint density at radius 3 is 2.69 bits per heavy atom. The van der Waals surface area contributed by atoms with Crippen LogP contribution in [0.4, 0.5) is 8.78 Å². The molecule has 1 atom stereocenters. The van der Waals surface area contributed by atoms with Crippen LogP contribution < -0.4 is 0 Å². The number of rotatable bonds is 2. The van der Waals surface area contributed by atoms with Crippen LogP contribution in [-0.4, -0.2) is 5.92 Å². The van der Waals surface area contributed by atoms with Crippen LogP contribution in [0.25, 0.3) is 0 Å². The van der Waals surface area contributed by atoms with Gasteiger partial charge < -0.3 is 0 Å². The van der Waals surface area contributed by atoms with Crippen LogP contribution in [0.3, 0.4) is 0 Å². The molecule has 0 nitrogen and oxygen atoms in total. The molecule has 0 spiro atoms. The van der Waals surface area contributed by atoms with E-state index in [0.29, 0.717) is 6.42 Å². The molecule has 1 aliphatic carbocycles. The molecule has 0 radical (unpaired) electrons. The summed E-state index contributed by atoms with van der Waals surface area (Å²) in [5.41, 5.74) is 0.983. The maximum absolute atomic E-state index is 12.6. The molecule has 0 amide bonds. The van der Waals surface area contributed by atoms with Gasteiger partial charge in [0.1, 0.15) is 0 Å². The maximum Gasteiger partial charge on any atom is 0.251 e. The van der Waals surface area contributed by atoms with Crippen molar-refractivity contribution in [2.24, 2.45) is 5.92 Å². The Bertz CT molecular complexity index is 322. The van der Waals surface area contributed by atoms with Gasteiger partial charge in [-0.05, 0) is 24.1 Å². The molecule has 1 aromatic rings. The van der Waals surface area contributed by atoms with Crippen molar-refractivity contribution in [2.45, 2.75) is 18.8 Å². The zero-order valence-corrected chi connectivity index (χ0v) is 8.52. The monoisotopic (exact) mass is 246 g/mol. The molecule has 0 aliphatic heterocycles. The summed E-state index contributed by atoms with van der Waals surface area (Å²) in [6.45, 7) is 0. The standard InChI is InChI=1S/C10H9BrF2/c11-9-3-1-2-7(5-9)4-8-6-10(8,12)13/h1-3,5,8H,4,6H2. The van der Waals surface area contributed by atoms with Crippen LogP contribution >= 0.6 is 15.9 Å². The quantitative estimate of drug-likeness (QED) is 0.748. The summed E-state index contributed by atoms with van der Waals surface area (Å²) in [5.74, 6) is -2.83. The molecule has 0 heterocycles. The Hall–Kier alpha value is -0.440. The van der Waals surface area contributed by atoms with E-state index in [2.05, 4.69) is 15.9 Å². The minimum absolute atomic E-state index is 0.0551. The smallest absolute Gasteiger partial charge is 0.207 e. The molecule has 70 valence electrons. The van der Waals surface area contributed by atoms with Crippen molar-refractivity contribution in [2.75, 3.05) is 0 Å². The summed E-state index contributed by atoms with van der Waals surface area (Å²) in [6, 6.07) is 7.56. The van der Waals surface area contributed by atoms with Crippen molar-refractivity contribution in [3.63, 3.8) is 0 Å². The number of alkyl halides is 2. The van der Waals surface area contributed by atoms with Gasteiger partial charge in [-0.25, -0.2) is 8.78 Å². The molecule has 3 heteroatoms. The van der Waals surface area contributed by atoms with Gasteiger partial charge in [-0.3, -0.25) is 0 Å². The van der Waals surface area contributed by atoms with Crippen LogP contribution in [0.2, 0.25) is 0 Å². The topological polar surface area (TPSA) is 0 Å². The van der Waals surface area contributed by atoms with E-state index in [1.807, 2.05) is 24.3 Å². The van der Waals surface area contributed by atoms with Crippen molar-refractivity contribution in [3.05, 3.63) is 34.3 Å². The molecule has 1 fully saturated rings. The van der Waals surface area contributed by atoms with E-state index < -0.39 is 11.8 Å². The van der Waals surface area contributed by atoms with E-state index in [9.17, 15) is 8.78 Å². The third-order valence-corrected chi connectivity index (χ3v) is 2.82. The van der Waals surface area contributed by atoms with Crippen molar-refractivity contribution in [1.29, 1.82) is 0 Å². The third-order valence-electron chi connectivity index (χ3n) is 2.33. The lowest BCUT2D eigenvalue weighted by molar-refractivity contribution is 0.0989. The molecule has 13 heavy (non-hydrogen) atoms. The molecule has 1 aromatic carbocycles. The Morgan fingerprint density at radius 1 is 1.46 bits per heavy atom. The fraction of sp³-hybridized carbons (Fsp3) is 0.400. The first-order valence-electron chi connectivity index (χ1n) is 4.20. The average molecular weight is 247 g/mol. The van der Waals surface area contributed by atoms with Crippen LogP contribution in [0.15, 0.2) is 28.7 Å². The zero-order chi connectivity index (χ0) is 9.47. The normalized spacial score (nSPS) is 24.4. The molecule has 1 aliphatic rings. The SMILES string of the molecule is FC1(F)CC1Cc1cccc(Br)c1. The van der Waals surface area contributed by atoms with Gasteiger partial charge in [-0.15, -0.1) is 0 Å². The summed E-state index contributed by atoms with van der Waals surface area (Å²) >= 11 is 3.31. The van der Waals surface area contributed by atoms with E-state index in [4.69, 9.17) is 0 Å². The van der Waals surface area contributed by atoms with Crippen LogP contribution in [0.1, 0.15) is 12.0 Å². The lowest BCUT2D eigenvalue weighted by Crippen LogP contribution is -1.97. The van der Waals surface area contributed by atoms with Crippen LogP contribution in [0.5, 0.6) is 0 Å². The fourth-order valence-electron chi connectivity index (χ4n) is 1.44. The van der Waals surface area contributed by atoms with E-state index in [0.717, 1.165) is 10.0 Å². The van der Waals surface area contributed by atoms with Gasteiger partial charge in [0.25, 0.3) is 5.92 Å². The van der Waals surface area contributed by atoms with Gasteiger partial charge in [0, 0.05) is 16.8 Å². The first kappa shape index (κ1) is 9.13. The summed E-state index contributed by atoms with van der Waals surface area (Å²) < 4.78 is 26.1. The summed E-state index contributed by atoms with van der Waals surface area (Å²) in [5, 5.41) is 0. The van der Waals surface area contributed by atoms with Crippen molar-refractivity contribution >= 4 is 15.9 Å². The third kappa shape index (κ3) is 2.08. The molecule has 0 saturated heterocycles. The van der Waals surface area contributed by atoms with E-state index in [1.54, 1.807) is 0 Å². The highest BCUT2D eigenvalue weighted by atomic mass is 79.9. The van der Waals surface area contributed by atoms with Gasteiger partial charge >= 0.3 is 0 Å². The Kier molecular flexibility index (Phi) is 2.14. The summed E-state index contributed by atoms with van der Waals surface area (Å²) in [4.78, 5) is 0. The average Bonchev–Trinajstić information content (AvgIpc) is 2.58. The van der Waals surface area contributed by atoms with E-state index in [-0.39, 0.29) is 6.42 Å². The van der Waals surface area contributed by atoms with E-state index >= 15 is 0 Å². The second-order valence-corrected chi connectivity index (χ2v) is 4.41.